The van der Waals surface area contributed by atoms with Crippen LogP contribution in [0.2, 0.25) is 0 Å². The summed E-state index contributed by atoms with van der Waals surface area (Å²) in [5.74, 6) is 1.03. The lowest BCUT2D eigenvalue weighted by Crippen LogP contribution is -2.29. The highest BCUT2D eigenvalue weighted by Crippen LogP contribution is 2.32. The first-order chi connectivity index (χ1) is 9.22. The average Bonchev–Trinajstić information content (AvgIpc) is 3.26. The molecule has 0 saturated heterocycles. The van der Waals surface area contributed by atoms with Gasteiger partial charge >= 0.3 is 0 Å². The lowest BCUT2D eigenvalue weighted by molar-refractivity contribution is 0.0790. The van der Waals surface area contributed by atoms with Gasteiger partial charge in [-0.1, -0.05) is 31.0 Å². The molecule has 1 saturated carbocycles. The molecule has 1 fully saturated rings. The summed E-state index contributed by atoms with van der Waals surface area (Å²) in [6.07, 6.45) is 4.75. The van der Waals surface area contributed by atoms with Crippen LogP contribution in [0.1, 0.15) is 35.2 Å². The van der Waals surface area contributed by atoms with Crippen LogP contribution in [0.15, 0.2) is 24.3 Å². The summed E-state index contributed by atoms with van der Waals surface area (Å²) in [5.41, 5.74) is 2.00. The van der Waals surface area contributed by atoms with Crippen molar-refractivity contribution in [2.45, 2.75) is 25.7 Å². The predicted molar refractivity (Wildman–Crippen MR) is 78.4 cm³/mol. The SMILES string of the molecule is CNCCc1ccccc1C(=O)N(C)CCC1CC1. The van der Waals surface area contributed by atoms with Crippen LogP contribution in [-0.4, -0.2) is 38.0 Å². The maximum atomic E-state index is 12.5. The van der Waals surface area contributed by atoms with Gasteiger partial charge in [-0.15, -0.1) is 0 Å². The lowest BCUT2D eigenvalue weighted by atomic mass is 10.0. The summed E-state index contributed by atoms with van der Waals surface area (Å²) in [7, 11) is 3.85. The van der Waals surface area contributed by atoms with Gasteiger partial charge in [0.25, 0.3) is 5.91 Å². The van der Waals surface area contributed by atoms with Gasteiger partial charge in [-0.2, -0.15) is 0 Å². The molecule has 104 valence electrons. The van der Waals surface area contributed by atoms with Gasteiger partial charge in [-0.25, -0.2) is 0 Å². The van der Waals surface area contributed by atoms with Crippen molar-refractivity contribution in [2.75, 3.05) is 27.2 Å². The fourth-order valence-corrected chi connectivity index (χ4v) is 2.30. The summed E-state index contributed by atoms with van der Waals surface area (Å²) in [4.78, 5) is 14.3. The maximum absolute atomic E-state index is 12.5. The summed E-state index contributed by atoms with van der Waals surface area (Å²) >= 11 is 0. The van der Waals surface area contributed by atoms with E-state index in [4.69, 9.17) is 0 Å². The van der Waals surface area contributed by atoms with E-state index in [1.54, 1.807) is 0 Å². The molecule has 1 aromatic rings. The second kappa shape index (κ2) is 6.71. The summed E-state index contributed by atoms with van der Waals surface area (Å²) < 4.78 is 0. The molecule has 1 aromatic carbocycles. The zero-order valence-corrected chi connectivity index (χ0v) is 12.0. The number of nitrogens with zero attached hydrogens (tertiary/aromatic N) is 1. The Balaban J connectivity index is 1.99. The molecule has 0 radical (unpaired) electrons. The zero-order chi connectivity index (χ0) is 13.7. The zero-order valence-electron chi connectivity index (χ0n) is 12.0. The first kappa shape index (κ1) is 14.1. The Morgan fingerprint density at radius 3 is 2.79 bits per heavy atom. The Labute approximate surface area is 116 Å². The Bertz CT molecular complexity index is 427. The third kappa shape index (κ3) is 4.06. The number of likely N-dealkylation sites (N-methyl/N-ethyl adjacent to an activating group) is 1. The number of hydrogen-bond donors (Lipinski definition) is 1. The molecule has 1 amide bonds. The first-order valence-corrected chi connectivity index (χ1v) is 7.20. The van der Waals surface area contributed by atoms with E-state index in [-0.39, 0.29) is 5.91 Å². The van der Waals surface area contributed by atoms with Crippen LogP contribution < -0.4 is 5.32 Å². The number of nitrogens with one attached hydrogen (secondary N) is 1. The first-order valence-electron chi connectivity index (χ1n) is 7.20. The molecule has 0 spiro atoms. The third-order valence-corrected chi connectivity index (χ3v) is 3.81. The minimum atomic E-state index is 0.160. The van der Waals surface area contributed by atoms with Gasteiger partial charge in [0, 0.05) is 19.2 Å². The van der Waals surface area contributed by atoms with Gasteiger partial charge in [0.05, 0.1) is 0 Å². The van der Waals surface area contributed by atoms with Crippen LogP contribution in [0.3, 0.4) is 0 Å². The topological polar surface area (TPSA) is 32.3 Å². The van der Waals surface area contributed by atoms with Crippen LogP contribution in [-0.2, 0) is 6.42 Å². The molecule has 0 bridgehead atoms. The van der Waals surface area contributed by atoms with Crippen molar-refractivity contribution in [1.29, 1.82) is 0 Å². The number of amides is 1. The van der Waals surface area contributed by atoms with Crippen LogP contribution >= 0.6 is 0 Å². The molecule has 0 heterocycles. The van der Waals surface area contributed by atoms with Crippen LogP contribution in [0.5, 0.6) is 0 Å². The average molecular weight is 260 g/mol. The van der Waals surface area contributed by atoms with Crippen molar-refractivity contribution in [1.82, 2.24) is 10.2 Å². The van der Waals surface area contributed by atoms with E-state index in [1.165, 1.54) is 12.8 Å². The molecule has 1 N–H and O–H groups in total. The highest BCUT2D eigenvalue weighted by Gasteiger charge is 2.23. The van der Waals surface area contributed by atoms with Crippen molar-refractivity contribution in [3.63, 3.8) is 0 Å². The number of benzene rings is 1. The normalized spacial score (nSPS) is 14.4. The Morgan fingerprint density at radius 1 is 1.37 bits per heavy atom. The Morgan fingerprint density at radius 2 is 2.11 bits per heavy atom. The lowest BCUT2D eigenvalue weighted by Gasteiger charge is -2.19. The Hall–Kier alpha value is -1.35. The van der Waals surface area contributed by atoms with Crippen LogP contribution in [0, 0.1) is 5.92 Å². The quantitative estimate of drug-likeness (QED) is 0.816. The van der Waals surface area contributed by atoms with Crippen molar-refractivity contribution in [3.8, 4) is 0 Å². The number of hydrogen-bond acceptors (Lipinski definition) is 2. The van der Waals surface area contributed by atoms with Crippen molar-refractivity contribution in [2.24, 2.45) is 5.92 Å². The molecule has 19 heavy (non-hydrogen) atoms. The van der Waals surface area contributed by atoms with E-state index in [0.29, 0.717) is 0 Å². The molecule has 3 nitrogen and oxygen atoms in total. The van der Waals surface area contributed by atoms with E-state index in [2.05, 4.69) is 11.4 Å². The van der Waals surface area contributed by atoms with Crippen LogP contribution in [0.4, 0.5) is 0 Å². The maximum Gasteiger partial charge on any atom is 0.253 e. The molecular weight excluding hydrogens is 236 g/mol. The second-order valence-electron chi connectivity index (χ2n) is 5.47. The molecule has 1 aliphatic rings. The van der Waals surface area contributed by atoms with E-state index >= 15 is 0 Å². The molecule has 0 unspecified atom stereocenters. The van der Waals surface area contributed by atoms with Crippen LogP contribution in [0.25, 0.3) is 0 Å². The highest BCUT2D eigenvalue weighted by molar-refractivity contribution is 5.95. The Kier molecular flexibility index (Phi) is 4.97. The number of rotatable bonds is 7. The molecule has 0 aliphatic heterocycles. The van der Waals surface area contributed by atoms with Gasteiger partial charge in [-0.3, -0.25) is 4.79 Å². The fraction of sp³-hybridized carbons (Fsp3) is 0.562. The molecule has 0 atom stereocenters. The van der Waals surface area contributed by atoms with E-state index in [1.807, 2.05) is 37.2 Å². The number of carbonyl (C=O) groups is 1. The van der Waals surface area contributed by atoms with Gasteiger partial charge in [0.2, 0.25) is 0 Å². The third-order valence-electron chi connectivity index (χ3n) is 3.81. The highest BCUT2D eigenvalue weighted by atomic mass is 16.2. The fourth-order valence-electron chi connectivity index (χ4n) is 2.30. The summed E-state index contributed by atoms with van der Waals surface area (Å²) in [5, 5.41) is 3.14. The molecule has 2 rings (SSSR count). The van der Waals surface area contributed by atoms with Gasteiger partial charge in [0.1, 0.15) is 0 Å². The number of carbonyl (C=O) groups excluding carboxylic acids is 1. The molecule has 1 aliphatic carbocycles. The minimum Gasteiger partial charge on any atom is -0.342 e. The van der Waals surface area contributed by atoms with Gasteiger partial charge < -0.3 is 10.2 Å². The predicted octanol–water partition coefficient (Wildman–Crippen LogP) is 2.32. The largest absolute Gasteiger partial charge is 0.342 e. The van der Waals surface area contributed by atoms with Crippen molar-refractivity contribution >= 4 is 5.91 Å². The summed E-state index contributed by atoms with van der Waals surface area (Å²) in [6, 6.07) is 7.96. The monoisotopic (exact) mass is 260 g/mol. The van der Waals surface area contributed by atoms with Gasteiger partial charge in [0.15, 0.2) is 0 Å². The molecular formula is C16H24N2O. The second-order valence-corrected chi connectivity index (χ2v) is 5.47. The van der Waals surface area contributed by atoms with E-state index in [0.717, 1.165) is 43.0 Å². The summed E-state index contributed by atoms with van der Waals surface area (Å²) in [6.45, 7) is 1.78. The van der Waals surface area contributed by atoms with Crippen molar-refractivity contribution < 1.29 is 4.79 Å². The van der Waals surface area contributed by atoms with Gasteiger partial charge in [-0.05, 0) is 44.0 Å². The smallest absolute Gasteiger partial charge is 0.253 e. The molecule has 3 heteroatoms. The molecule has 0 aromatic heterocycles. The van der Waals surface area contributed by atoms with Crippen molar-refractivity contribution in [3.05, 3.63) is 35.4 Å². The minimum absolute atomic E-state index is 0.160. The van der Waals surface area contributed by atoms with E-state index < -0.39 is 0 Å². The van der Waals surface area contributed by atoms with E-state index in [9.17, 15) is 4.79 Å². The standard InChI is InChI=1S/C16H24N2O/c1-17-11-9-14-5-3-4-6-15(14)16(19)18(2)12-10-13-7-8-13/h3-6,13,17H,7-12H2,1-2H3.